The number of nitriles is 1. The highest BCUT2D eigenvalue weighted by molar-refractivity contribution is 6.28. The van der Waals surface area contributed by atoms with E-state index in [0.717, 1.165) is 6.20 Å². The van der Waals surface area contributed by atoms with Crippen LogP contribution in [0.1, 0.15) is 5.56 Å². The molecule has 1 N–H and O–H groups in total. The van der Waals surface area contributed by atoms with Gasteiger partial charge in [0.05, 0.1) is 29.4 Å². The number of ether oxygens (including phenoxy) is 1. The zero-order chi connectivity index (χ0) is 15.4. The van der Waals surface area contributed by atoms with Crippen molar-refractivity contribution in [1.29, 1.82) is 5.26 Å². The van der Waals surface area contributed by atoms with Crippen LogP contribution < -0.4 is 10.1 Å². The molecule has 2 rings (SSSR count). The molecule has 0 unspecified atom stereocenters. The van der Waals surface area contributed by atoms with Gasteiger partial charge in [0.1, 0.15) is 11.9 Å². The predicted molar refractivity (Wildman–Crippen MR) is 74.7 cm³/mol. The molecule has 106 valence electrons. The Labute approximate surface area is 124 Å². The summed E-state index contributed by atoms with van der Waals surface area (Å²) in [5.74, 6) is 0.279. The van der Waals surface area contributed by atoms with Crippen molar-refractivity contribution >= 4 is 28.8 Å². The van der Waals surface area contributed by atoms with Crippen molar-refractivity contribution in [2.75, 3.05) is 12.4 Å². The van der Waals surface area contributed by atoms with Gasteiger partial charge >= 0.3 is 5.69 Å². The molecule has 0 aliphatic rings. The van der Waals surface area contributed by atoms with E-state index in [-0.39, 0.29) is 16.8 Å². The van der Waals surface area contributed by atoms with Crippen molar-refractivity contribution in [3.8, 4) is 11.8 Å². The maximum Gasteiger partial charge on any atom is 0.329 e. The molecule has 21 heavy (non-hydrogen) atoms. The van der Waals surface area contributed by atoms with E-state index in [4.69, 9.17) is 21.6 Å². The van der Waals surface area contributed by atoms with Crippen molar-refractivity contribution in [2.24, 2.45) is 0 Å². The van der Waals surface area contributed by atoms with Crippen LogP contribution in [0.25, 0.3) is 0 Å². The maximum absolute atomic E-state index is 10.9. The van der Waals surface area contributed by atoms with Gasteiger partial charge in [0.2, 0.25) is 11.1 Å². The number of nitrogens with zero attached hydrogens (tertiary/aromatic N) is 4. The molecule has 0 spiro atoms. The molecule has 1 aromatic carbocycles. The third kappa shape index (κ3) is 3.16. The Morgan fingerprint density at radius 2 is 2.29 bits per heavy atom. The Bertz CT molecular complexity index is 744. The molecule has 0 saturated heterocycles. The van der Waals surface area contributed by atoms with Crippen LogP contribution in [0.5, 0.6) is 5.75 Å². The molecule has 0 amide bonds. The van der Waals surface area contributed by atoms with Gasteiger partial charge in [-0.25, -0.2) is 4.98 Å². The molecule has 8 nitrogen and oxygen atoms in total. The Morgan fingerprint density at radius 1 is 1.52 bits per heavy atom. The second-order valence-corrected chi connectivity index (χ2v) is 4.12. The molecule has 0 aliphatic heterocycles. The minimum atomic E-state index is -0.630. The molecule has 0 radical (unpaired) electrons. The van der Waals surface area contributed by atoms with Gasteiger partial charge in [0, 0.05) is 6.07 Å². The summed E-state index contributed by atoms with van der Waals surface area (Å²) in [5, 5.41) is 22.4. The van der Waals surface area contributed by atoms with Crippen LogP contribution in [0.4, 0.5) is 17.2 Å². The molecule has 0 aliphatic carbocycles. The molecule has 1 aromatic heterocycles. The van der Waals surface area contributed by atoms with Crippen LogP contribution in [0.3, 0.4) is 0 Å². The van der Waals surface area contributed by atoms with Crippen molar-refractivity contribution in [1.82, 2.24) is 9.97 Å². The van der Waals surface area contributed by atoms with Crippen LogP contribution >= 0.6 is 11.6 Å². The predicted octanol–water partition coefficient (Wildman–Crippen LogP) is 2.66. The molecule has 0 atom stereocenters. The van der Waals surface area contributed by atoms with Crippen molar-refractivity contribution in [3.05, 3.63) is 45.4 Å². The fourth-order valence-corrected chi connectivity index (χ4v) is 1.70. The van der Waals surface area contributed by atoms with Gasteiger partial charge in [-0.15, -0.1) is 0 Å². The molecule has 0 bridgehead atoms. The van der Waals surface area contributed by atoms with Crippen molar-refractivity contribution < 1.29 is 9.66 Å². The molecule has 2 aromatic rings. The van der Waals surface area contributed by atoms with Crippen molar-refractivity contribution in [2.45, 2.75) is 0 Å². The van der Waals surface area contributed by atoms with E-state index in [9.17, 15) is 10.1 Å². The monoisotopic (exact) mass is 305 g/mol. The topological polar surface area (TPSA) is 114 Å². The number of halogens is 1. The van der Waals surface area contributed by atoms with Gasteiger partial charge in [-0.3, -0.25) is 10.1 Å². The summed E-state index contributed by atoms with van der Waals surface area (Å²) in [5.41, 5.74) is 0.479. The van der Waals surface area contributed by atoms with Gasteiger partial charge in [-0.1, -0.05) is 0 Å². The van der Waals surface area contributed by atoms with Crippen LogP contribution in [-0.4, -0.2) is 22.0 Å². The number of nitro groups is 1. The van der Waals surface area contributed by atoms with E-state index >= 15 is 0 Å². The lowest BCUT2D eigenvalue weighted by molar-refractivity contribution is -0.384. The highest BCUT2D eigenvalue weighted by Crippen LogP contribution is 2.31. The molecule has 0 saturated carbocycles. The zero-order valence-corrected chi connectivity index (χ0v) is 11.5. The summed E-state index contributed by atoms with van der Waals surface area (Å²) in [6, 6.07) is 6.56. The highest BCUT2D eigenvalue weighted by atomic mass is 35.5. The van der Waals surface area contributed by atoms with E-state index in [1.165, 1.54) is 13.2 Å². The van der Waals surface area contributed by atoms with Gasteiger partial charge in [0.25, 0.3) is 0 Å². The highest BCUT2D eigenvalue weighted by Gasteiger charge is 2.18. The van der Waals surface area contributed by atoms with Gasteiger partial charge in [0.15, 0.2) is 0 Å². The number of benzene rings is 1. The lowest BCUT2D eigenvalue weighted by atomic mass is 10.2. The first kappa shape index (κ1) is 14.5. The number of rotatable bonds is 4. The quantitative estimate of drug-likeness (QED) is 0.524. The lowest BCUT2D eigenvalue weighted by Gasteiger charge is -2.10. The first-order valence-electron chi connectivity index (χ1n) is 5.57. The Balaban J connectivity index is 2.45. The summed E-state index contributed by atoms with van der Waals surface area (Å²) in [6.07, 6.45) is 1.01. The lowest BCUT2D eigenvalue weighted by Crippen LogP contribution is -2.02. The number of hydrogen-bond donors (Lipinski definition) is 1. The number of anilines is 2. The third-order valence-corrected chi connectivity index (χ3v) is 2.70. The Morgan fingerprint density at radius 3 is 2.90 bits per heavy atom. The third-order valence-electron chi connectivity index (χ3n) is 2.52. The zero-order valence-electron chi connectivity index (χ0n) is 10.7. The first-order chi connectivity index (χ1) is 10.0. The molecule has 9 heteroatoms. The van der Waals surface area contributed by atoms with E-state index < -0.39 is 4.92 Å². The summed E-state index contributed by atoms with van der Waals surface area (Å²) < 4.78 is 5.13. The van der Waals surface area contributed by atoms with Crippen LogP contribution in [-0.2, 0) is 0 Å². The van der Waals surface area contributed by atoms with E-state index in [2.05, 4.69) is 15.3 Å². The van der Waals surface area contributed by atoms with E-state index in [0.29, 0.717) is 17.0 Å². The largest absolute Gasteiger partial charge is 0.495 e. The number of nitrogens with one attached hydrogen (secondary N) is 1. The Hall–Kier alpha value is -2.92. The number of methoxy groups -OCH3 is 1. The van der Waals surface area contributed by atoms with Crippen molar-refractivity contribution in [3.63, 3.8) is 0 Å². The number of hydrogen-bond acceptors (Lipinski definition) is 7. The summed E-state index contributed by atoms with van der Waals surface area (Å²) >= 11 is 5.65. The SMILES string of the molecule is COc1cc(C#N)ccc1Nc1nc(Cl)ncc1[N+](=O)[O-]. The van der Waals surface area contributed by atoms with E-state index in [1.54, 1.807) is 12.1 Å². The van der Waals surface area contributed by atoms with Gasteiger partial charge < -0.3 is 10.1 Å². The fourth-order valence-electron chi connectivity index (χ4n) is 1.57. The average Bonchev–Trinajstić information content (AvgIpc) is 2.47. The first-order valence-corrected chi connectivity index (χ1v) is 5.95. The van der Waals surface area contributed by atoms with Gasteiger partial charge in [-0.2, -0.15) is 10.2 Å². The van der Waals surface area contributed by atoms with Crippen LogP contribution in [0.15, 0.2) is 24.4 Å². The standard InChI is InChI=1S/C12H8ClN5O3/c1-21-10-4-7(5-14)2-3-8(10)16-11-9(18(19)20)6-15-12(13)17-11/h2-4,6H,1H3,(H,15,16,17). The fraction of sp³-hybridized carbons (Fsp3) is 0.0833. The summed E-state index contributed by atoms with van der Waals surface area (Å²) in [6.45, 7) is 0. The second kappa shape index (κ2) is 6.02. The Kier molecular flexibility index (Phi) is 4.15. The number of aromatic nitrogens is 2. The minimum absolute atomic E-state index is 0.0667. The van der Waals surface area contributed by atoms with Crippen LogP contribution in [0.2, 0.25) is 5.28 Å². The maximum atomic E-state index is 10.9. The molecule has 1 heterocycles. The molecule has 0 fully saturated rings. The van der Waals surface area contributed by atoms with Crippen LogP contribution in [0, 0.1) is 21.4 Å². The van der Waals surface area contributed by atoms with Gasteiger partial charge in [-0.05, 0) is 23.7 Å². The minimum Gasteiger partial charge on any atom is -0.495 e. The molecular formula is C12H8ClN5O3. The average molecular weight is 306 g/mol. The second-order valence-electron chi connectivity index (χ2n) is 3.78. The summed E-state index contributed by atoms with van der Waals surface area (Å²) in [4.78, 5) is 17.7. The molecular weight excluding hydrogens is 298 g/mol. The summed E-state index contributed by atoms with van der Waals surface area (Å²) in [7, 11) is 1.42. The normalized spacial score (nSPS) is 9.76. The smallest absolute Gasteiger partial charge is 0.329 e. The van der Waals surface area contributed by atoms with E-state index in [1.807, 2.05) is 6.07 Å².